The molecule has 0 aliphatic carbocycles. The standard InChI is InChI=1S/C32H18N8O3S.Al.2H/c41-44(42,43)23-15-7-14-22-24(23)32-39-30-21-13-6-5-12-20(21)28(37-30)35-26-17-9-2-1-8-16(17)25(33-26)34-27-18-10-3-4-11-19(18)29(36-27)38-31(22)40-32;;;/h1-15H,(H,41,42,43)(H2,33,34,35,36,37,38,39,40);;;/q;+1;;/p-1. The van der Waals surface area contributed by atoms with Gasteiger partial charge in [-0.15, -0.1) is 0 Å². The summed E-state index contributed by atoms with van der Waals surface area (Å²) in [5, 5.41) is 2.66. The molecule has 4 aromatic carbocycles. The fourth-order valence-corrected chi connectivity index (χ4v) is 7.38. The minimum Gasteiger partial charge on any atom is -0.403 e. The molecule has 7 aromatic rings. The molecule has 0 radical (unpaired) electrons. The average Bonchev–Trinajstić information content (AvgIpc) is 3.80. The minimum atomic E-state index is -4.05. The van der Waals surface area contributed by atoms with Gasteiger partial charge in [0.25, 0.3) is 10.1 Å². The predicted octanol–water partition coefficient (Wildman–Crippen LogP) is 5.12. The number of nitrogens with zero attached hydrogens (tertiary/aromatic N) is 6. The number of H-pyrrole nitrogens is 2. The first kappa shape index (κ1) is 26.1. The monoisotopic (exact) mass is 622 g/mol. The molecule has 11 nitrogen and oxygen atoms in total. The molecule has 2 aliphatic heterocycles. The molecule has 0 amide bonds. The Labute approximate surface area is 263 Å². The normalized spacial score (nSPS) is 12.4. The summed E-state index contributed by atoms with van der Waals surface area (Å²) in [6, 6.07) is 28.3. The Morgan fingerprint density at radius 2 is 0.889 bits per heavy atom. The second kappa shape index (κ2) is 9.59. The molecule has 0 unspecified atom stereocenters. The summed E-state index contributed by atoms with van der Waals surface area (Å²) >= 11 is -0.00490. The molecule has 13 heteroatoms. The lowest BCUT2D eigenvalue weighted by atomic mass is 10.1. The number of hydrogen-bond donors (Lipinski definition) is 2. The van der Waals surface area contributed by atoms with Crippen molar-refractivity contribution in [3.05, 3.63) is 91.0 Å². The minimum absolute atomic E-state index is 0.00490. The summed E-state index contributed by atoms with van der Waals surface area (Å²) in [6.07, 6.45) is 0. The third kappa shape index (κ3) is 3.96. The number of rotatable bonds is 2. The van der Waals surface area contributed by atoms with E-state index < -0.39 is 10.1 Å². The molecule has 0 spiro atoms. The van der Waals surface area contributed by atoms with Crippen LogP contribution < -0.4 is 0 Å². The van der Waals surface area contributed by atoms with Crippen LogP contribution in [0.5, 0.6) is 0 Å². The maximum Gasteiger partial charge on any atom is 0.437 e. The van der Waals surface area contributed by atoms with Crippen LogP contribution in [-0.4, -0.2) is 64.9 Å². The van der Waals surface area contributed by atoms with E-state index in [0.29, 0.717) is 51.0 Å². The summed E-state index contributed by atoms with van der Waals surface area (Å²) in [5.41, 5.74) is 5.04. The Morgan fingerprint density at radius 3 is 1.38 bits per heavy atom. The Morgan fingerprint density at radius 1 is 0.489 bits per heavy atom. The van der Waals surface area contributed by atoms with Crippen LogP contribution in [-0.2, 0) is 13.4 Å². The Kier molecular flexibility index (Phi) is 5.57. The van der Waals surface area contributed by atoms with E-state index in [-0.39, 0.29) is 27.2 Å². The molecule has 3 aromatic heterocycles. The van der Waals surface area contributed by atoms with Crippen LogP contribution in [0.2, 0.25) is 0 Å². The number of aromatic amines is 2. The highest BCUT2D eigenvalue weighted by molar-refractivity contribution is 7.87. The topological polar surface area (TPSA) is 152 Å². The maximum atomic E-state index is 13.1. The van der Waals surface area contributed by atoms with Gasteiger partial charge in [-0.3, -0.25) is 0 Å². The van der Waals surface area contributed by atoms with Crippen molar-refractivity contribution in [1.29, 1.82) is 0 Å². The highest BCUT2D eigenvalue weighted by Gasteiger charge is 2.24. The van der Waals surface area contributed by atoms with Crippen molar-refractivity contribution >= 4 is 70.9 Å². The molecule has 8 bridgehead atoms. The van der Waals surface area contributed by atoms with E-state index in [2.05, 4.69) is 9.97 Å². The highest BCUT2D eigenvalue weighted by atomic mass is 32.2. The van der Waals surface area contributed by atoms with E-state index >= 15 is 0 Å². The zero-order valence-electron chi connectivity index (χ0n) is 23.5. The third-order valence-corrected chi connectivity index (χ3v) is 10.7. The third-order valence-electron chi connectivity index (χ3n) is 8.03. The van der Waals surface area contributed by atoms with Gasteiger partial charge >= 0.3 is 16.6 Å². The van der Waals surface area contributed by atoms with E-state index in [1.54, 1.807) is 12.1 Å². The quantitative estimate of drug-likeness (QED) is 0.250. The van der Waals surface area contributed by atoms with Gasteiger partial charge in [-0.2, -0.15) is 8.42 Å². The van der Waals surface area contributed by atoms with Crippen molar-refractivity contribution in [3.8, 4) is 45.6 Å². The lowest BCUT2D eigenvalue weighted by Crippen LogP contribution is -2.04. The molecule has 9 rings (SSSR count). The highest BCUT2D eigenvalue weighted by Crippen LogP contribution is 2.37. The zero-order chi connectivity index (χ0) is 30.3. The lowest BCUT2D eigenvalue weighted by Gasteiger charge is -2.04. The number of fused-ring (bicyclic) bond motifs is 20. The second-order valence-electron chi connectivity index (χ2n) is 10.5. The summed E-state index contributed by atoms with van der Waals surface area (Å²) in [5.74, 6) is 1.76. The van der Waals surface area contributed by atoms with Crippen molar-refractivity contribution < 1.29 is 11.7 Å². The molecule has 45 heavy (non-hydrogen) atoms. The van der Waals surface area contributed by atoms with E-state index in [4.69, 9.17) is 33.1 Å². The summed E-state index contributed by atoms with van der Waals surface area (Å²) in [4.78, 5) is 36.2. The van der Waals surface area contributed by atoms with Gasteiger partial charge < -0.3 is 13.2 Å². The van der Waals surface area contributed by atoms with Crippen molar-refractivity contribution in [2.75, 3.05) is 0 Å². The van der Waals surface area contributed by atoms with Crippen LogP contribution >= 0.6 is 0 Å². The molecule has 214 valence electrons. The van der Waals surface area contributed by atoms with Gasteiger partial charge in [0.05, 0.1) is 0 Å². The smallest absolute Gasteiger partial charge is 0.403 e. The van der Waals surface area contributed by atoms with E-state index in [1.165, 1.54) is 6.07 Å². The first-order chi connectivity index (χ1) is 22.0. The van der Waals surface area contributed by atoms with E-state index in [9.17, 15) is 8.42 Å². The van der Waals surface area contributed by atoms with Crippen LogP contribution in [0.3, 0.4) is 0 Å². The number of benzene rings is 4. The summed E-state index contributed by atoms with van der Waals surface area (Å²) in [6.45, 7) is 0. The van der Waals surface area contributed by atoms with Crippen LogP contribution in [0.25, 0.3) is 89.7 Å². The van der Waals surface area contributed by atoms with Gasteiger partial charge in [0, 0.05) is 43.8 Å². The van der Waals surface area contributed by atoms with Crippen LogP contribution in [0.4, 0.5) is 0 Å². The van der Waals surface area contributed by atoms with Gasteiger partial charge in [0.2, 0.25) is 0 Å². The van der Waals surface area contributed by atoms with Crippen LogP contribution in [0, 0.1) is 0 Å². The van der Waals surface area contributed by atoms with Crippen molar-refractivity contribution in [2.24, 2.45) is 0 Å². The first-order valence-corrected chi connectivity index (χ1v) is 16.2. The number of aromatic nitrogens is 8. The largest absolute Gasteiger partial charge is 0.437 e. The molecule has 2 aliphatic rings. The molecule has 0 atom stereocenters. The van der Waals surface area contributed by atoms with Crippen molar-refractivity contribution in [1.82, 2.24) is 39.9 Å². The van der Waals surface area contributed by atoms with Gasteiger partial charge in [0.1, 0.15) is 27.5 Å². The SMILES string of the molecule is O=S(=O)([O][AlH2])c1cccc2c3nc4nc(nc5[nH]c(nc6nc(nc([nH]3)c12)-c1ccccc1-6)c1ccccc51)-c1ccccc1-4. The molecular formula is C32H19AlN8O3S. The molecule has 5 heterocycles. The second-order valence-corrected chi connectivity index (χ2v) is 13.2. The molecular weight excluding hydrogens is 603 g/mol. The van der Waals surface area contributed by atoms with Gasteiger partial charge in [-0.05, 0) is 6.07 Å². The van der Waals surface area contributed by atoms with Crippen LogP contribution in [0.1, 0.15) is 0 Å². The fraction of sp³-hybridized carbons (Fsp3) is 0. The maximum absolute atomic E-state index is 13.1. The fourth-order valence-electron chi connectivity index (χ4n) is 5.96. The van der Waals surface area contributed by atoms with Gasteiger partial charge in [-0.1, -0.05) is 84.9 Å². The molecule has 0 saturated heterocycles. The Balaban J connectivity index is 1.52. The Bertz CT molecular complexity index is 2680. The molecule has 0 saturated carbocycles. The number of hydrogen-bond acceptors (Lipinski definition) is 9. The van der Waals surface area contributed by atoms with E-state index in [1.807, 2.05) is 72.8 Å². The molecule has 0 fully saturated rings. The average molecular weight is 623 g/mol. The summed E-state index contributed by atoms with van der Waals surface area (Å²) < 4.78 is 31.4. The Hall–Kier alpha value is -5.32. The van der Waals surface area contributed by atoms with Crippen LogP contribution in [0.15, 0.2) is 95.9 Å². The van der Waals surface area contributed by atoms with Gasteiger partial charge in [0.15, 0.2) is 23.3 Å². The van der Waals surface area contributed by atoms with E-state index in [0.717, 1.165) is 33.0 Å². The van der Waals surface area contributed by atoms with Crippen molar-refractivity contribution in [3.63, 3.8) is 0 Å². The first-order valence-electron chi connectivity index (χ1n) is 14.0. The molecule has 2 N–H and O–H groups in total. The zero-order valence-corrected chi connectivity index (χ0v) is 26.3. The summed E-state index contributed by atoms with van der Waals surface area (Å²) in [7, 11) is -4.05. The number of nitrogens with one attached hydrogen (secondary N) is 2. The van der Waals surface area contributed by atoms with Crippen molar-refractivity contribution in [2.45, 2.75) is 4.90 Å². The lowest BCUT2D eigenvalue weighted by molar-refractivity contribution is 0.509. The van der Waals surface area contributed by atoms with Gasteiger partial charge in [-0.25, -0.2) is 29.9 Å². The predicted molar refractivity (Wildman–Crippen MR) is 173 cm³/mol.